The van der Waals surface area contributed by atoms with Gasteiger partial charge in [-0.25, -0.2) is 4.79 Å². The van der Waals surface area contributed by atoms with E-state index in [0.29, 0.717) is 22.9 Å². The van der Waals surface area contributed by atoms with E-state index in [1.54, 1.807) is 23.1 Å². The van der Waals surface area contributed by atoms with E-state index in [4.69, 9.17) is 25.8 Å². The Bertz CT molecular complexity index is 984. The van der Waals surface area contributed by atoms with Crippen LogP contribution in [0.2, 0.25) is 5.02 Å². The maximum atomic E-state index is 13.3. The first-order valence-corrected chi connectivity index (χ1v) is 12.4. The Morgan fingerprint density at radius 1 is 1.18 bits per heavy atom. The lowest BCUT2D eigenvalue weighted by molar-refractivity contribution is -0.112. The molecule has 2 aromatic rings. The first kappa shape index (κ1) is 24.8. The molecule has 2 fully saturated rings. The van der Waals surface area contributed by atoms with Crippen LogP contribution < -0.4 is 4.74 Å². The predicted molar refractivity (Wildman–Crippen MR) is 131 cm³/mol. The Labute approximate surface area is 206 Å². The molecule has 6 nitrogen and oxygen atoms in total. The Hall–Kier alpha value is -2.28. The Kier molecular flexibility index (Phi) is 7.41. The Morgan fingerprint density at radius 3 is 2.53 bits per heavy atom. The minimum absolute atomic E-state index is 0.240. The monoisotopic (exact) mass is 487 g/mol. The lowest BCUT2D eigenvalue weighted by Crippen LogP contribution is -2.55. The molecule has 1 heterocycles. The topological polar surface area (TPSA) is 68.2 Å². The number of halogens is 1. The minimum Gasteiger partial charge on any atom is -0.487 e. The summed E-state index contributed by atoms with van der Waals surface area (Å²) >= 11 is 6.50. The van der Waals surface area contributed by atoms with E-state index in [0.717, 1.165) is 37.7 Å². The van der Waals surface area contributed by atoms with Crippen LogP contribution in [-0.4, -0.2) is 40.1 Å². The molecule has 7 heteroatoms. The van der Waals surface area contributed by atoms with Crippen molar-refractivity contribution < 1.29 is 24.1 Å². The van der Waals surface area contributed by atoms with Crippen molar-refractivity contribution in [3.8, 4) is 5.75 Å². The van der Waals surface area contributed by atoms with E-state index >= 15 is 0 Å². The molecule has 1 saturated carbocycles. The third-order valence-electron chi connectivity index (χ3n) is 6.42. The van der Waals surface area contributed by atoms with Crippen LogP contribution in [0.25, 0.3) is 0 Å². The fraction of sp³-hybridized carbons (Fsp3) is 0.519. The highest BCUT2D eigenvalue weighted by atomic mass is 35.5. The third kappa shape index (κ3) is 5.51. The van der Waals surface area contributed by atoms with E-state index in [1.807, 2.05) is 51.1 Å². The van der Waals surface area contributed by atoms with Crippen LogP contribution in [0.15, 0.2) is 48.5 Å². The number of carbonyl (C=O) groups is 1. The molecule has 184 valence electrons. The zero-order valence-corrected chi connectivity index (χ0v) is 20.9. The first-order valence-electron chi connectivity index (χ1n) is 12.0. The van der Waals surface area contributed by atoms with Crippen molar-refractivity contribution in [1.82, 2.24) is 4.90 Å². The minimum atomic E-state index is -0.977. The molecule has 0 aromatic heterocycles. The number of amides is 1. The number of ether oxygens (including phenoxy) is 3. The summed E-state index contributed by atoms with van der Waals surface area (Å²) in [5, 5.41) is 11.8. The zero-order valence-electron chi connectivity index (χ0n) is 20.1. The molecule has 1 aliphatic heterocycles. The van der Waals surface area contributed by atoms with E-state index in [1.165, 1.54) is 0 Å². The van der Waals surface area contributed by atoms with Gasteiger partial charge < -0.3 is 19.3 Å². The standard InChI is InChI=1S/C27H34ClNO5/c1-26(2,3)34-25(31)29-22(18-33-27(29)14-8-5-9-15-27)24(30)20-12-13-23(21(28)16-20)32-17-19-10-6-4-7-11-19/h4,6-7,10-13,16,22,24,30H,5,8-9,14-15,17-18H2,1-3H3/t22-,24-/m1/s1. The van der Waals surface area contributed by atoms with Crippen molar-refractivity contribution in [2.75, 3.05) is 6.61 Å². The third-order valence-corrected chi connectivity index (χ3v) is 6.71. The second-order valence-electron chi connectivity index (χ2n) is 10.1. The molecule has 1 amide bonds. The molecule has 2 aromatic carbocycles. The highest BCUT2D eigenvalue weighted by Gasteiger charge is 2.54. The van der Waals surface area contributed by atoms with Crippen LogP contribution >= 0.6 is 11.6 Å². The van der Waals surface area contributed by atoms with Crippen molar-refractivity contribution >= 4 is 17.7 Å². The van der Waals surface area contributed by atoms with Crippen LogP contribution in [0.1, 0.15) is 70.1 Å². The Balaban J connectivity index is 1.53. The molecule has 4 rings (SSSR count). The fourth-order valence-electron chi connectivity index (χ4n) is 4.80. The van der Waals surface area contributed by atoms with Crippen LogP contribution in [0.5, 0.6) is 5.75 Å². The van der Waals surface area contributed by atoms with Gasteiger partial charge in [-0.2, -0.15) is 0 Å². The van der Waals surface area contributed by atoms with Gasteiger partial charge in [-0.05, 0) is 69.7 Å². The van der Waals surface area contributed by atoms with E-state index in [9.17, 15) is 9.90 Å². The summed E-state index contributed by atoms with van der Waals surface area (Å²) in [4.78, 5) is 14.9. The molecule has 1 spiro atoms. The number of carbonyl (C=O) groups excluding carboxylic acids is 1. The number of rotatable bonds is 5. The highest BCUT2D eigenvalue weighted by Crippen LogP contribution is 2.44. The predicted octanol–water partition coefficient (Wildman–Crippen LogP) is 6.25. The van der Waals surface area contributed by atoms with Gasteiger partial charge in [-0.15, -0.1) is 0 Å². The van der Waals surface area contributed by atoms with Gasteiger partial charge in [-0.3, -0.25) is 4.90 Å². The van der Waals surface area contributed by atoms with Crippen molar-refractivity contribution in [3.05, 3.63) is 64.7 Å². The normalized spacial score (nSPS) is 20.9. The van der Waals surface area contributed by atoms with Gasteiger partial charge in [0.1, 0.15) is 29.8 Å². The first-order chi connectivity index (χ1) is 16.2. The van der Waals surface area contributed by atoms with Gasteiger partial charge in [0.25, 0.3) is 0 Å². The molecule has 1 aliphatic carbocycles. The fourth-order valence-corrected chi connectivity index (χ4v) is 5.04. The molecule has 0 unspecified atom stereocenters. The molecular formula is C27H34ClNO5. The molecule has 2 aliphatic rings. The maximum Gasteiger partial charge on any atom is 0.413 e. The molecule has 0 radical (unpaired) electrons. The number of nitrogens with zero attached hydrogens (tertiary/aromatic N) is 1. The van der Waals surface area contributed by atoms with Gasteiger partial charge in [0.15, 0.2) is 0 Å². The van der Waals surface area contributed by atoms with E-state index in [2.05, 4.69) is 0 Å². The van der Waals surface area contributed by atoms with Gasteiger partial charge in [0.05, 0.1) is 17.7 Å². The van der Waals surface area contributed by atoms with Gasteiger partial charge in [0, 0.05) is 0 Å². The van der Waals surface area contributed by atoms with Crippen LogP contribution in [0, 0.1) is 0 Å². The summed E-state index contributed by atoms with van der Waals surface area (Å²) in [6, 6.07) is 14.5. The summed E-state index contributed by atoms with van der Waals surface area (Å²) in [5.41, 5.74) is 0.268. The van der Waals surface area contributed by atoms with Crippen molar-refractivity contribution in [2.24, 2.45) is 0 Å². The van der Waals surface area contributed by atoms with Gasteiger partial charge in [-0.1, -0.05) is 54.4 Å². The largest absolute Gasteiger partial charge is 0.487 e. The van der Waals surface area contributed by atoms with Crippen LogP contribution in [0.4, 0.5) is 4.79 Å². The average Bonchev–Trinajstić information content (AvgIpc) is 3.16. The number of hydrogen-bond acceptors (Lipinski definition) is 5. The molecule has 1 saturated heterocycles. The number of aliphatic hydroxyl groups excluding tert-OH is 1. The van der Waals surface area contributed by atoms with Crippen molar-refractivity contribution in [3.63, 3.8) is 0 Å². The van der Waals surface area contributed by atoms with Gasteiger partial charge >= 0.3 is 6.09 Å². The van der Waals surface area contributed by atoms with Crippen LogP contribution in [0.3, 0.4) is 0 Å². The summed E-state index contributed by atoms with van der Waals surface area (Å²) in [6.45, 7) is 6.16. The summed E-state index contributed by atoms with van der Waals surface area (Å²) < 4.78 is 17.8. The maximum absolute atomic E-state index is 13.3. The Morgan fingerprint density at radius 2 is 1.88 bits per heavy atom. The molecule has 1 N–H and O–H groups in total. The quantitative estimate of drug-likeness (QED) is 0.540. The summed E-state index contributed by atoms with van der Waals surface area (Å²) in [5.74, 6) is 0.539. The molecule has 34 heavy (non-hydrogen) atoms. The van der Waals surface area contributed by atoms with Crippen molar-refractivity contribution in [1.29, 1.82) is 0 Å². The van der Waals surface area contributed by atoms with Crippen molar-refractivity contribution in [2.45, 2.75) is 83.0 Å². The summed E-state index contributed by atoms with van der Waals surface area (Å²) in [6.07, 6.45) is 3.10. The van der Waals surface area contributed by atoms with E-state index in [-0.39, 0.29) is 6.61 Å². The number of benzene rings is 2. The lowest BCUT2D eigenvalue weighted by atomic mass is 9.89. The van der Waals surface area contributed by atoms with E-state index < -0.39 is 29.6 Å². The summed E-state index contributed by atoms with van der Waals surface area (Å²) in [7, 11) is 0. The smallest absolute Gasteiger partial charge is 0.413 e. The SMILES string of the molecule is CC(C)(C)OC(=O)N1[C@@H]([C@H](O)c2ccc(OCc3ccccc3)c(Cl)c2)COC12CCCCC2. The second kappa shape index (κ2) is 10.1. The van der Waals surface area contributed by atoms with Crippen LogP contribution in [-0.2, 0) is 16.1 Å². The molecular weight excluding hydrogens is 454 g/mol. The zero-order chi connectivity index (χ0) is 24.3. The van der Waals surface area contributed by atoms with Gasteiger partial charge in [0.2, 0.25) is 0 Å². The highest BCUT2D eigenvalue weighted by molar-refractivity contribution is 6.32. The number of aliphatic hydroxyl groups is 1. The lowest BCUT2D eigenvalue weighted by Gasteiger charge is -2.42. The average molecular weight is 488 g/mol. The second-order valence-corrected chi connectivity index (χ2v) is 10.6. The molecule has 0 bridgehead atoms. The molecule has 2 atom stereocenters. The number of hydrogen-bond donors (Lipinski definition) is 1.